The predicted octanol–water partition coefficient (Wildman–Crippen LogP) is 2.77. The Bertz CT molecular complexity index is 446. The number of carboxylic acids is 1. The number of nitrogens with one attached hydrogen (secondary N) is 1. The molecule has 98 valence electrons. The maximum atomic E-state index is 11.6. The molecule has 0 bridgehead atoms. The molecule has 0 saturated heterocycles. The van der Waals surface area contributed by atoms with Crippen LogP contribution in [0.25, 0.3) is 0 Å². The molecule has 0 unspecified atom stereocenters. The second kappa shape index (κ2) is 7.06. The van der Waals surface area contributed by atoms with Crippen molar-refractivity contribution in [2.75, 3.05) is 17.3 Å². The number of hydrogen-bond donors (Lipinski definition) is 2. The molecule has 5 heteroatoms. The summed E-state index contributed by atoms with van der Waals surface area (Å²) >= 11 is 1.70. The maximum absolute atomic E-state index is 11.6. The third-order valence-corrected chi connectivity index (χ3v) is 3.20. The van der Waals surface area contributed by atoms with E-state index < -0.39 is 5.97 Å². The van der Waals surface area contributed by atoms with Gasteiger partial charge in [0.15, 0.2) is 0 Å². The number of carbonyl (C=O) groups is 2. The topological polar surface area (TPSA) is 66.4 Å². The lowest BCUT2D eigenvalue weighted by Crippen LogP contribution is -2.12. The number of rotatable bonds is 6. The van der Waals surface area contributed by atoms with Crippen molar-refractivity contribution in [3.63, 3.8) is 0 Å². The molecule has 0 heterocycles. The molecule has 1 aromatic rings. The van der Waals surface area contributed by atoms with Crippen LogP contribution in [0.4, 0.5) is 5.69 Å². The zero-order valence-electron chi connectivity index (χ0n) is 10.5. The molecule has 4 nitrogen and oxygen atoms in total. The van der Waals surface area contributed by atoms with Crippen LogP contribution in [0.2, 0.25) is 0 Å². The van der Waals surface area contributed by atoms with Crippen molar-refractivity contribution < 1.29 is 14.7 Å². The van der Waals surface area contributed by atoms with E-state index in [0.29, 0.717) is 17.7 Å². The molecule has 0 fully saturated rings. The van der Waals surface area contributed by atoms with Crippen molar-refractivity contribution in [2.45, 2.75) is 19.8 Å². The summed E-state index contributed by atoms with van der Waals surface area (Å²) in [4.78, 5) is 22.5. The predicted molar refractivity (Wildman–Crippen MR) is 74.4 cm³/mol. The number of carbonyl (C=O) groups excluding carboxylic acids is 1. The van der Waals surface area contributed by atoms with Crippen molar-refractivity contribution in [1.82, 2.24) is 0 Å². The van der Waals surface area contributed by atoms with E-state index in [1.807, 2.05) is 6.26 Å². The van der Waals surface area contributed by atoms with Crippen molar-refractivity contribution >= 4 is 29.3 Å². The fourth-order valence-electron chi connectivity index (χ4n) is 1.53. The normalized spacial score (nSPS) is 10.1. The summed E-state index contributed by atoms with van der Waals surface area (Å²) in [6.07, 6.45) is 3.28. The highest BCUT2D eigenvalue weighted by molar-refractivity contribution is 7.98. The van der Waals surface area contributed by atoms with Crippen molar-refractivity contribution in [3.8, 4) is 0 Å². The Morgan fingerprint density at radius 1 is 1.39 bits per heavy atom. The molecule has 0 spiro atoms. The van der Waals surface area contributed by atoms with E-state index in [4.69, 9.17) is 5.11 Å². The number of aromatic carboxylic acids is 1. The molecule has 1 aromatic carbocycles. The van der Waals surface area contributed by atoms with Gasteiger partial charge >= 0.3 is 5.97 Å². The van der Waals surface area contributed by atoms with E-state index in [0.717, 1.165) is 12.2 Å². The summed E-state index contributed by atoms with van der Waals surface area (Å²) in [6, 6.07) is 4.90. The summed E-state index contributed by atoms with van der Waals surface area (Å²) in [6.45, 7) is 1.73. The number of aryl methyl sites for hydroxylation is 1. The molecule has 18 heavy (non-hydrogen) atoms. The van der Waals surface area contributed by atoms with Gasteiger partial charge in [-0.15, -0.1) is 0 Å². The van der Waals surface area contributed by atoms with Crippen LogP contribution in [0.3, 0.4) is 0 Å². The first-order chi connectivity index (χ1) is 8.54. The fraction of sp³-hybridized carbons (Fsp3) is 0.385. The van der Waals surface area contributed by atoms with Crippen molar-refractivity contribution in [1.29, 1.82) is 0 Å². The number of benzene rings is 1. The van der Waals surface area contributed by atoms with Crippen molar-refractivity contribution in [3.05, 3.63) is 29.3 Å². The highest BCUT2D eigenvalue weighted by atomic mass is 32.2. The van der Waals surface area contributed by atoms with Crippen molar-refractivity contribution in [2.24, 2.45) is 0 Å². The third kappa shape index (κ3) is 4.41. The van der Waals surface area contributed by atoms with Gasteiger partial charge in [0.1, 0.15) is 0 Å². The van der Waals surface area contributed by atoms with Crippen LogP contribution in [0.15, 0.2) is 18.2 Å². The van der Waals surface area contributed by atoms with Crippen LogP contribution in [0.5, 0.6) is 0 Å². The Kier molecular flexibility index (Phi) is 5.71. The molecule has 1 rings (SSSR count). The average Bonchev–Trinajstić information content (AvgIpc) is 2.31. The summed E-state index contributed by atoms with van der Waals surface area (Å²) in [7, 11) is 0. The molecule has 0 aromatic heterocycles. The number of anilines is 1. The minimum Gasteiger partial charge on any atom is -0.478 e. The van der Waals surface area contributed by atoms with E-state index in [-0.39, 0.29) is 11.5 Å². The summed E-state index contributed by atoms with van der Waals surface area (Å²) in [5.41, 5.74) is 1.44. The van der Waals surface area contributed by atoms with Crippen LogP contribution in [0.1, 0.15) is 28.8 Å². The van der Waals surface area contributed by atoms with Gasteiger partial charge in [-0.25, -0.2) is 4.79 Å². The molecule has 0 aliphatic heterocycles. The van der Waals surface area contributed by atoms with Crippen LogP contribution >= 0.6 is 11.8 Å². The Labute approximate surface area is 111 Å². The highest BCUT2D eigenvalue weighted by Gasteiger charge is 2.09. The number of thioether (sulfide) groups is 1. The van der Waals surface area contributed by atoms with E-state index in [9.17, 15) is 9.59 Å². The average molecular weight is 267 g/mol. The van der Waals surface area contributed by atoms with Crippen LogP contribution in [0, 0.1) is 6.92 Å². The lowest BCUT2D eigenvalue weighted by atomic mass is 10.1. The van der Waals surface area contributed by atoms with Gasteiger partial charge < -0.3 is 10.4 Å². The third-order valence-electron chi connectivity index (χ3n) is 2.50. The first kappa shape index (κ1) is 14.6. The van der Waals surface area contributed by atoms with Crippen LogP contribution in [-0.4, -0.2) is 29.0 Å². The molecule has 0 atom stereocenters. The Balaban J connectivity index is 2.65. The van der Waals surface area contributed by atoms with Crippen LogP contribution in [-0.2, 0) is 4.79 Å². The van der Waals surface area contributed by atoms with E-state index in [2.05, 4.69) is 5.32 Å². The van der Waals surface area contributed by atoms with E-state index in [1.54, 1.807) is 30.8 Å². The van der Waals surface area contributed by atoms with Gasteiger partial charge in [-0.05, 0) is 43.0 Å². The number of carboxylic acid groups (broad SMARTS) is 1. The second-order valence-corrected chi connectivity index (χ2v) is 4.96. The Morgan fingerprint density at radius 2 is 2.11 bits per heavy atom. The van der Waals surface area contributed by atoms with Gasteiger partial charge in [0.25, 0.3) is 0 Å². The van der Waals surface area contributed by atoms with Gasteiger partial charge in [0.2, 0.25) is 5.91 Å². The smallest absolute Gasteiger partial charge is 0.336 e. The summed E-state index contributed by atoms with van der Waals surface area (Å²) in [5, 5.41) is 11.7. The molecule has 1 amide bonds. The lowest BCUT2D eigenvalue weighted by Gasteiger charge is -2.07. The summed E-state index contributed by atoms with van der Waals surface area (Å²) in [5.74, 6) is -0.114. The first-order valence-electron chi connectivity index (χ1n) is 5.67. The molecule has 0 aliphatic carbocycles. The summed E-state index contributed by atoms with van der Waals surface area (Å²) < 4.78 is 0. The fourth-order valence-corrected chi connectivity index (χ4v) is 1.96. The van der Waals surface area contributed by atoms with Gasteiger partial charge in [0, 0.05) is 12.1 Å². The Morgan fingerprint density at radius 3 is 2.72 bits per heavy atom. The van der Waals surface area contributed by atoms with Gasteiger partial charge in [-0.3, -0.25) is 4.79 Å². The number of hydrogen-bond acceptors (Lipinski definition) is 3. The monoisotopic (exact) mass is 267 g/mol. The van der Waals surface area contributed by atoms with E-state index >= 15 is 0 Å². The Hall–Kier alpha value is -1.49. The highest BCUT2D eigenvalue weighted by Crippen LogP contribution is 2.15. The second-order valence-electron chi connectivity index (χ2n) is 3.98. The minimum atomic E-state index is -0.981. The molecule has 0 radical (unpaired) electrons. The van der Waals surface area contributed by atoms with E-state index in [1.165, 1.54) is 6.07 Å². The number of amides is 1. The minimum absolute atomic E-state index is 0.0794. The van der Waals surface area contributed by atoms with Crippen LogP contribution < -0.4 is 5.32 Å². The largest absolute Gasteiger partial charge is 0.478 e. The SMILES string of the molecule is CSCCCC(=O)Nc1ccc(C)c(C(=O)O)c1. The molecule has 2 N–H and O–H groups in total. The van der Waals surface area contributed by atoms with Gasteiger partial charge in [-0.2, -0.15) is 11.8 Å². The lowest BCUT2D eigenvalue weighted by molar-refractivity contribution is -0.116. The maximum Gasteiger partial charge on any atom is 0.336 e. The quantitative estimate of drug-likeness (QED) is 0.778. The molecule has 0 aliphatic rings. The van der Waals surface area contributed by atoms with Gasteiger partial charge in [-0.1, -0.05) is 6.07 Å². The zero-order valence-corrected chi connectivity index (χ0v) is 11.3. The molecular formula is C13H17NO3S. The molecule has 0 saturated carbocycles. The zero-order chi connectivity index (χ0) is 13.5. The van der Waals surface area contributed by atoms with Gasteiger partial charge in [0.05, 0.1) is 5.56 Å². The molecular weight excluding hydrogens is 250 g/mol. The first-order valence-corrected chi connectivity index (χ1v) is 7.06. The standard InChI is InChI=1S/C13H17NO3S/c1-9-5-6-10(8-11(9)13(16)17)14-12(15)4-3-7-18-2/h5-6,8H,3-4,7H2,1-2H3,(H,14,15)(H,16,17).